The molecule has 1 aromatic heterocycles. The zero-order valence-corrected chi connectivity index (χ0v) is 17.1. The molecule has 1 saturated heterocycles. The molecule has 9 nitrogen and oxygen atoms in total. The number of aliphatic hydroxyl groups excluding tert-OH is 1. The van der Waals surface area contributed by atoms with Crippen molar-refractivity contribution < 1.29 is 24.1 Å². The van der Waals surface area contributed by atoms with Crippen molar-refractivity contribution in [2.75, 3.05) is 12.3 Å². The van der Waals surface area contributed by atoms with E-state index >= 15 is 0 Å². The second-order valence-corrected chi connectivity index (χ2v) is 7.79. The van der Waals surface area contributed by atoms with E-state index < -0.39 is 29.9 Å². The number of nitrogens with zero attached hydrogens (tertiary/aromatic N) is 2. The average molecular weight is 397 g/mol. The van der Waals surface area contributed by atoms with Gasteiger partial charge in [0.2, 0.25) is 0 Å². The van der Waals surface area contributed by atoms with Gasteiger partial charge in [-0.2, -0.15) is 4.98 Å². The molecule has 0 saturated carbocycles. The highest BCUT2D eigenvalue weighted by Crippen LogP contribution is 2.41. The van der Waals surface area contributed by atoms with E-state index in [1.165, 1.54) is 16.8 Å². The lowest BCUT2D eigenvalue weighted by atomic mass is 9.94. The number of carbonyl (C=O) groups excluding carboxylic acids is 1. The lowest BCUT2D eigenvalue weighted by Crippen LogP contribution is -2.47. The molecule has 2 unspecified atom stereocenters. The van der Waals surface area contributed by atoms with E-state index in [9.17, 15) is 14.7 Å². The minimum atomic E-state index is -0.994. The third-order valence-electron chi connectivity index (χ3n) is 4.93. The van der Waals surface area contributed by atoms with Gasteiger partial charge < -0.3 is 25.1 Å². The maximum absolute atomic E-state index is 12.2. The largest absolute Gasteiger partial charge is 0.459 e. The summed E-state index contributed by atoms with van der Waals surface area (Å²) >= 11 is 0. The number of hydrogen-bond donors (Lipinski definition) is 2. The van der Waals surface area contributed by atoms with Crippen LogP contribution in [0.25, 0.3) is 0 Å². The second kappa shape index (κ2) is 9.02. The molecule has 2 rings (SSSR count). The zero-order chi connectivity index (χ0) is 21.1. The van der Waals surface area contributed by atoms with Crippen molar-refractivity contribution in [1.29, 1.82) is 0 Å². The first kappa shape index (κ1) is 22.3. The Kier molecular flexibility index (Phi) is 7.19. The third kappa shape index (κ3) is 4.89. The summed E-state index contributed by atoms with van der Waals surface area (Å²) in [6, 6.07) is 1.50. The van der Waals surface area contributed by atoms with Crippen molar-refractivity contribution in [3.8, 4) is 0 Å². The maximum Gasteiger partial charge on any atom is 0.351 e. The van der Waals surface area contributed by atoms with Gasteiger partial charge in [0.05, 0.1) is 12.5 Å². The van der Waals surface area contributed by atoms with Gasteiger partial charge in [0, 0.05) is 18.5 Å². The van der Waals surface area contributed by atoms with E-state index in [1.54, 1.807) is 13.8 Å². The summed E-state index contributed by atoms with van der Waals surface area (Å²) in [5, 5.41) is 10.0. The summed E-state index contributed by atoms with van der Waals surface area (Å²) in [7, 11) is 0. The fourth-order valence-electron chi connectivity index (χ4n) is 3.00. The van der Waals surface area contributed by atoms with Crippen molar-refractivity contribution in [2.45, 2.75) is 71.7 Å². The van der Waals surface area contributed by atoms with Crippen LogP contribution >= 0.6 is 0 Å². The lowest BCUT2D eigenvalue weighted by Gasteiger charge is -2.34. The van der Waals surface area contributed by atoms with Gasteiger partial charge >= 0.3 is 11.7 Å². The molecular weight excluding hydrogens is 366 g/mol. The smallest absolute Gasteiger partial charge is 0.351 e. The number of ether oxygens (including phenoxy) is 3. The van der Waals surface area contributed by atoms with E-state index in [2.05, 4.69) is 4.98 Å². The van der Waals surface area contributed by atoms with Gasteiger partial charge in [-0.25, -0.2) is 4.79 Å². The minimum Gasteiger partial charge on any atom is -0.459 e. The molecule has 0 aliphatic carbocycles. The van der Waals surface area contributed by atoms with Crippen LogP contribution in [0.1, 0.15) is 53.7 Å². The number of anilines is 1. The topological polar surface area (TPSA) is 126 Å². The van der Waals surface area contributed by atoms with Gasteiger partial charge in [0.15, 0.2) is 6.29 Å². The minimum absolute atomic E-state index is 0.0204. The number of nitrogens with two attached hydrogens (primary N) is 1. The molecule has 158 valence electrons. The van der Waals surface area contributed by atoms with E-state index in [4.69, 9.17) is 19.9 Å². The number of aromatic nitrogens is 2. The Balaban J connectivity index is 2.31. The van der Waals surface area contributed by atoms with E-state index in [0.717, 1.165) is 0 Å². The highest BCUT2D eigenvalue weighted by Gasteiger charge is 2.51. The fourth-order valence-corrected chi connectivity index (χ4v) is 3.00. The number of esters is 1. The molecule has 1 aliphatic rings. The van der Waals surface area contributed by atoms with Crippen molar-refractivity contribution in [1.82, 2.24) is 9.55 Å². The van der Waals surface area contributed by atoms with Gasteiger partial charge in [0.1, 0.15) is 23.8 Å². The summed E-state index contributed by atoms with van der Waals surface area (Å²) in [5.41, 5.74) is 4.02. The van der Waals surface area contributed by atoms with Gasteiger partial charge in [0.25, 0.3) is 0 Å². The Hall–Kier alpha value is -1.97. The SMILES string of the molecule is CC[C@]1(COC(O)C(C)C)O[C@@H](n2ccc(N)nc2=O)CC1OC(=O)C(C)C. The molecule has 0 radical (unpaired) electrons. The monoisotopic (exact) mass is 397 g/mol. The second-order valence-electron chi connectivity index (χ2n) is 7.79. The molecule has 1 aromatic rings. The molecule has 1 aliphatic heterocycles. The quantitative estimate of drug-likeness (QED) is 0.499. The maximum atomic E-state index is 12.2. The number of nitrogen functional groups attached to an aromatic ring is 1. The normalized spacial score (nSPS) is 26.0. The van der Waals surface area contributed by atoms with E-state index in [1.807, 2.05) is 20.8 Å². The summed E-state index contributed by atoms with van der Waals surface area (Å²) in [6.45, 7) is 9.06. The summed E-state index contributed by atoms with van der Waals surface area (Å²) in [4.78, 5) is 28.2. The van der Waals surface area contributed by atoms with Crippen molar-refractivity contribution in [3.63, 3.8) is 0 Å². The molecule has 0 aromatic carbocycles. The van der Waals surface area contributed by atoms with Crippen LogP contribution in [-0.4, -0.2) is 45.2 Å². The molecule has 0 spiro atoms. The number of hydrogen-bond acceptors (Lipinski definition) is 8. The number of aliphatic hydroxyl groups is 1. The van der Waals surface area contributed by atoms with Crippen LogP contribution < -0.4 is 11.4 Å². The van der Waals surface area contributed by atoms with Crippen LogP contribution in [0.2, 0.25) is 0 Å². The van der Waals surface area contributed by atoms with Crippen LogP contribution in [0.15, 0.2) is 17.1 Å². The molecule has 1 fully saturated rings. The highest BCUT2D eigenvalue weighted by atomic mass is 16.6. The zero-order valence-electron chi connectivity index (χ0n) is 17.1. The number of carbonyl (C=O) groups is 1. The van der Waals surface area contributed by atoms with Gasteiger partial charge in [-0.05, 0) is 12.5 Å². The molecule has 0 bridgehead atoms. The third-order valence-corrected chi connectivity index (χ3v) is 4.93. The summed E-state index contributed by atoms with van der Waals surface area (Å²) in [6.07, 6.45) is -0.0768. The summed E-state index contributed by atoms with van der Waals surface area (Å²) < 4.78 is 18.8. The van der Waals surface area contributed by atoms with Crippen molar-refractivity contribution in [3.05, 3.63) is 22.7 Å². The fraction of sp³-hybridized carbons (Fsp3) is 0.737. The highest BCUT2D eigenvalue weighted by molar-refractivity contribution is 5.71. The predicted molar refractivity (Wildman–Crippen MR) is 102 cm³/mol. The Morgan fingerprint density at radius 1 is 1.46 bits per heavy atom. The van der Waals surface area contributed by atoms with Crippen LogP contribution in [0, 0.1) is 11.8 Å². The van der Waals surface area contributed by atoms with Gasteiger partial charge in [-0.3, -0.25) is 9.36 Å². The molecule has 0 amide bonds. The van der Waals surface area contributed by atoms with Crippen LogP contribution in [0.5, 0.6) is 0 Å². The lowest BCUT2D eigenvalue weighted by molar-refractivity contribution is -0.206. The Morgan fingerprint density at radius 2 is 2.14 bits per heavy atom. The molecular formula is C19H31N3O6. The Labute approximate surface area is 164 Å². The molecule has 28 heavy (non-hydrogen) atoms. The molecule has 9 heteroatoms. The van der Waals surface area contributed by atoms with Gasteiger partial charge in [-0.15, -0.1) is 0 Å². The molecule has 4 atom stereocenters. The Morgan fingerprint density at radius 3 is 2.68 bits per heavy atom. The van der Waals surface area contributed by atoms with Crippen molar-refractivity contribution in [2.24, 2.45) is 11.8 Å². The average Bonchev–Trinajstić information content (AvgIpc) is 2.97. The molecule has 2 heterocycles. The Bertz CT molecular complexity index is 735. The van der Waals surface area contributed by atoms with Crippen LogP contribution in [0.4, 0.5) is 5.82 Å². The first-order chi connectivity index (χ1) is 13.1. The van der Waals surface area contributed by atoms with Crippen molar-refractivity contribution >= 4 is 11.8 Å². The first-order valence-electron chi connectivity index (χ1n) is 9.62. The predicted octanol–water partition coefficient (Wildman–Crippen LogP) is 1.45. The van der Waals surface area contributed by atoms with E-state index in [0.29, 0.717) is 6.42 Å². The van der Waals surface area contributed by atoms with Crippen LogP contribution in [-0.2, 0) is 19.0 Å². The number of rotatable bonds is 8. The standard InChI is InChI=1S/C19H31N3O6/c1-6-19(10-26-16(23)11(2)3)13(27-17(24)12(4)5)9-15(28-19)22-8-7-14(20)21-18(22)25/h7-8,11-13,15-16,23H,6,9-10H2,1-5H3,(H2,20,21,25)/t13?,15-,16?,19-/m1/s1. The summed E-state index contributed by atoms with van der Waals surface area (Å²) in [5.74, 6) is -0.658. The van der Waals surface area contributed by atoms with Gasteiger partial charge in [-0.1, -0.05) is 34.6 Å². The molecule has 3 N–H and O–H groups in total. The first-order valence-corrected chi connectivity index (χ1v) is 9.62. The van der Waals surface area contributed by atoms with Crippen LogP contribution in [0.3, 0.4) is 0 Å². The van der Waals surface area contributed by atoms with E-state index in [-0.39, 0.29) is 36.7 Å².